The number of hydrogen-bond acceptors (Lipinski definition) is 8. The van der Waals surface area contributed by atoms with E-state index < -0.39 is 47.0 Å². The summed E-state index contributed by atoms with van der Waals surface area (Å²) in [6.45, 7) is 10.4. The molecule has 4 aromatic carbocycles. The van der Waals surface area contributed by atoms with Crippen molar-refractivity contribution in [3.8, 4) is 22.3 Å². The minimum Gasteiger partial charge on any atom is -0.369 e. The van der Waals surface area contributed by atoms with Gasteiger partial charge in [-0.2, -0.15) is 52.7 Å². The molecule has 0 aliphatic carbocycles. The molecule has 0 unspecified atom stereocenters. The fraction of sp³-hybridized carbons (Fsp3) is 0.400. The van der Waals surface area contributed by atoms with Crippen LogP contribution in [-0.2, 0) is 51.5 Å². The second-order valence-corrected chi connectivity index (χ2v) is 18.1. The lowest BCUT2D eigenvalue weighted by Crippen LogP contribution is -2.53. The fourth-order valence-electron chi connectivity index (χ4n) is 8.66. The number of aliphatic hydroxyl groups is 2. The number of aromatic nitrogens is 4. The van der Waals surface area contributed by atoms with E-state index in [-0.39, 0.29) is 0 Å². The SMILES string of the molecule is Cn1cnc(CN2CCN(Cc3ccc(-c4ccc(C(O)(C(F)(F)F)C(F)(F)F)cc4)cc3)CC2)c1.Cn1cncc1CN1CCN(Cc2ccc(-c3ccc(C(O)(C(F)(F)F)C(F)(F)F)cc3)cc2)CC1. The molecular formula is C50H52F12N8O2. The third kappa shape index (κ3) is 12.2. The Morgan fingerprint density at radius 3 is 1.04 bits per heavy atom. The van der Waals surface area contributed by atoms with Crippen LogP contribution in [0.4, 0.5) is 52.7 Å². The average Bonchev–Trinajstić information content (AvgIpc) is 3.94. The summed E-state index contributed by atoms with van der Waals surface area (Å²) in [6, 6.07) is 21.9. The quantitative estimate of drug-likeness (QED) is 0.117. The van der Waals surface area contributed by atoms with Crippen molar-refractivity contribution >= 4 is 0 Å². The Balaban J connectivity index is 0.000000211. The van der Waals surface area contributed by atoms with Crippen molar-refractivity contribution in [2.24, 2.45) is 14.1 Å². The largest absolute Gasteiger partial charge is 0.430 e. The standard InChI is InChI=1S/2C25H26F6N4O/c1-33-17-32-14-22(33)16-35-12-10-34(11-13-35)15-18-2-4-19(5-3-18)20-6-8-21(9-7-20)23(36,24(26,27)28)25(29,30)31;1-33-15-22(32-17-33)16-35-12-10-34(11-13-35)14-18-2-4-19(5-3-18)20-6-8-21(9-7-20)23(36,24(26,27)28)25(29,30)31/h2-9,14,17,36H,10-13,15-16H2,1H3;2-9,15,17,36H,10-14,16H2,1H3. The summed E-state index contributed by atoms with van der Waals surface area (Å²) in [7, 11) is 3.91. The Labute approximate surface area is 407 Å². The molecule has 4 heterocycles. The molecule has 72 heavy (non-hydrogen) atoms. The molecule has 0 spiro atoms. The number of nitrogens with zero attached hydrogens (tertiary/aromatic N) is 8. The maximum atomic E-state index is 13.1. The van der Waals surface area contributed by atoms with Crippen LogP contribution in [0.25, 0.3) is 22.3 Å². The van der Waals surface area contributed by atoms with Gasteiger partial charge in [0.05, 0.1) is 24.0 Å². The molecular weight excluding hydrogens is 973 g/mol. The summed E-state index contributed by atoms with van der Waals surface area (Å²) in [4.78, 5) is 17.9. The van der Waals surface area contributed by atoms with Gasteiger partial charge in [-0.3, -0.25) is 19.6 Å². The molecule has 10 nitrogen and oxygen atoms in total. The molecule has 2 N–H and O–H groups in total. The van der Waals surface area contributed by atoms with Crippen molar-refractivity contribution in [1.29, 1.82) is 0 Å². The number of aryl methyl sites for hydroxylation is 2. The van der Waals surface area contributed by atoms with Crippen LogP contribution >= 0.6 is 0 Å². The molecule has 388 valence electrons. The highest BCUT2D eigenvalue weighted by molar-refractivity contribution is 5.65. The van der Waals surface area contributed by atoms with Crippen molar-refractivity contribution in [1.82, 2.24) is 38.7 Å². The Morgan fingerprint density at radius 1 is 0.431 bits per heavy atom. The van der Waals surface area contributed by atoms with Gasteiger partial charge in [0.1, 0.15) is 0 Å². The summed E-state index contributed by atoms with van der Waals surface area (Å²) < 4.78 is 161. The number of alkyl halides is 12. The Hall–Kier alpha value is -5.78. The van der Waals surface area contributed by atoms with Gasteiger partial charge >= 0.3 is 24.7 Å². The molecule has 6 aromatic rings. The van der Waals surface area contributed by atoms with Crippen molar-refractivity contribution < 1.29 is 62.9 Å². The summed E-state index contributed by atoms with van der Waals surface area (Å²) in [5.74, 6) is 0. The molecule has 2 saturated heterocycles. The van der Waals surface area contributed by atoms with E-state index in [1.165, 1.54) is 0 Å². The first-order valence-corrected chi connectivity index (χ1v) is 22.7. The van der Waals surface area contributed by atoms with Gasteiger partial charge in [0.15, 0.2) is 0 Å². The molecule has 0 atom stereocenters. The highest BCUT2D eigenvalue weighted by Gasteiger charge is 2.72. The maximum absolute atomic E-state index is 13.1. The monoisotopic (exact) mass is 1020 g/mol. The van der Waals surface area contributed by atoms with Crippen LogP contribution in [-0.4, -0.2) is 126 Å². The van der Waals surface area contributed by atoms with Gasteiger partial charge in [0.25, 0.3) is 11.2 Å². The number of piperazine rings is 2. The number of rotatable bonds is 12. The molecule has 0 bridgehead atoms. The zero-order valence-electron chi connectivity index (χ0n) is 39.0. The predicted octanol–water partition coefficient (Wildman–Crippen LogP) is 9.43. The molecule has 8 rings (SSSR count). The van der Waals surface area contributed by atoms with E-state index in [2.05, 4.69) is 29.6 Å². The Morgan fingerprint density at radius 2 is 0.750 bits per heavy atom. The van der Waals surface area contributed by atoms with E-state index in [0.29, 0.717) is 46.5 Å². The average molecular weight is 1020 g/mol. The van der Waals surface area contributed by atoms with E-state index in [4.69, 9.17) is 0 Å². The third-order valence-corrected chi connectivity index (χ3v) is 13.0. The van der Waals surface area contributed by atoms with Crippen molar-refractivity contribution in [3.63, 3.8) is 0 Å². The van der Waals surface area contributed by atoms with Gasteiger partial charge in [0.2, 0.25) is 0 Å². The second kappa shape index (κ2) is 21.4. The van der Waals surface area contributed by atoms with Crippen LogP contribution in [0.15, 0.2) is 122 Å². The number of imidazole rings is 2. The van der Waals surface area contributed by atoms with Crippen LogP contribution < -0.4 is 0 Å². The number of halogens is 12. The van der Waals surface area contributed by atoms with Gasteiger partial charge in [-0.25, -0.2) is 9.97 Å². The van der Waals surface area contributed by atoms with Crippen LogP contribution in [0.1, 0.15) is 33.6 Å². The zero-order valence-corrected chi connectivity index (χ0v) is 39.0. The normalized spacial score (nSPS) is 16.4. The van der Waals surface area contributed by atoms with Crippen molar-refractivity contribution in [2.45, 2.75) is 62.1 Å². The summed E-state index contributed by atoms with van der Waals surface area (Å²) >= 11 is 0. The summed E-state index contributed by atoms with van der Waals surface area (Å²) in [6.07, 6.45) is -16.2. The number of hydrogen-bond donors (Lipinski definition) is 2. The molecule has 0 saturated carbocycles. The Bertz CT molecular complexity index is 2640. The molecule has 0 amide bonds. The lowest BCUT2D eigenvalue weighted by molar-refractivity contribution is -0.376. The smallest absolute Gasteiger partial charge is 0.369 e. The first-order valence-electron chi connectivity index (χ1n) is 22.7. The highest BCUT2D eigenvalue weighted by atomic mass is 19.4. The molecule has 2 aromatic heterocycles. The van der Waals surface area contributed by atoms with E-state index in [1.807, 2.05) is 59.9 Å². The van der Waals surface area contributed by atoms with Crippen molar-refractivity contribution in [3.05, 3.63) is 156 Å². The van der Waals surface area contributed by atoms with Crippen molar-refractivity contribution in [2.75, 3.05) is 52.4 Å². The number of benzene rings is 4. The first kappa shape index (κ1) is 54.0. The zero-order chi connectivity index (χ0) is 52.3. The van der Waals surface area contributed by atoms with E-state index >= 15 is 0 Å². The summed E-state index contributed by atoms with van der Waals surface area (Å²) in [5.41, 5.74) is -5.91. The van der Waals surface area contributed by atoms with Gasteiger partial charge < -0.3 is 19.3 Å². The highest BCUT2D eigenvalue weighted by Crippen LogP contribution is 2.51. The Kier molecular flexibility index (Phi) is 16.0. The third-order valence-electron chi connectivity index (χ3n) is 13.0. The van der Waals surface area contributed by atoms with Crippen LogP contribution in [0.3, 0.4) is 0 Å². The van der Waals surface area contributed by atoms with Crippen LogP contribution in [0.5, 0.6) is 0 Å². The lowest BCUT2D eigenvalue weighted by atomic mass is 9.90. The van der Waals surface area contributed by atoms with E-state index in [9.17, 15) is 62.9 Å². The molecule has 2 aliphatic heterocycles. The molecule has 2 fully saturated rings. The summed E-state index contributed by atoms with van der Waals surface area (Å²) in [5, 5.41) is 19.1. The molecule has 22 heteroatoms. The fourth-order valence-corrected chi connectivity index (χ4v) is 8.66. The first-order chi connectivity index (χ1) is 33.7. The predicted molar refractivity (Wildman–Crippen MR) is 243 cm³/mol. The topological polar surface area (TPSA) is 89.1 Å². The van der Waals surface area contributed by atoms with Crippen LogP contribution in [0.2, 0.25) is 0 Å². The lowest BCUT2D eigenvalue weighted by Gasteiger charge is -2.34. The molecule has 2 aliphatic rings. The second-order valence-electron chi connectivity index (χ2n) is 18.1. The minimum absolute atomic E-state index is 0.445. The minimum atomic E-state index is -5.90. The molecule has 0 radical (unpaired) electrons. The van der Waals surface area contributed by atoms with Gasteiger partial charge in [-0.15, -0.1) is 0 Å². The van der Waals surface area contributed by atoms with E-state index in [1.54, 1.807) is 36.9 Å². The van der Waals surface area contributed by atoms with Crippen LogP contribution in [0, 0.1) is 0 Å². The van der Waals surface area contributed by atoms with Gasteiger partial charge in [0, 0.05) is 116 Å². The maximum Gasteiger partial charge on any atom is 0.430 e. The van der Waals surface area contributed by atoms with E-state index in [0.717, 1.165) is 125 Å². The van der Waals surface area contributed by atoms with Gasteiger partial charge in [-0.1, -0.05) is 97.1 Å². The van der Waals surface area contributed by atoms with Gasteiger partial charge in [-0.05, 0) is 33.4 Å².